The van der Waals surface area contributed by atoms with E-state index < -0.39 is 0 Å². The van der Waals surface area contributed by atoms with Gasteiger partial charge in [0.1, 0.15) is 11.5 Å². The van der Waals surface area contributed by atoms with Crippen molar-refractivity contribution >= 4 is 5.91 Å². The number of likely N-dealkylation sites (tertiary alicyclic amines) is 1. The standard InChI is InChI=1S/C18H29N3O2/c1-13-4-7-16(23-13)11-21-9-8-15(17(12-21)20(2)3)10-19-18(22)14-5-6-14/h4,7,14-15,17H,5-6,8-12H2,1-3H3,(H,19,22)/t15-,17-/m1/s1. The first-order chi connectivity index (χ1) is 11.0. The van der Waals surface area contributed by atoms with Gasteiger partial charge in [-0.25, -0.2) is 0 Å². The Kier molecular flexibility index (Phi) is 5.07. The zero-order valence-electron chi connectivity index (χ0n) is 14.5. The molecule has 1 aliphatic heterocycles. The second-order valence-electron chi connectivity index (χ2n) is 7.35. The van der Waals surface area contributed by atoms with Crippen LogP contribution in [-0.2, 0) is 11.3 Å². The van der Waals surface area contributed by atoms with E-state index in [1.165, 1.54) is 0 Å². The van der Waals surface area contributed by atoms with Crippen LogP contribution in [0.15, 0.2) is 16.5 Å². The Morgan fingerprint density at radius 2 is 2.13 bits per heavy atom. The first-order valence-electron chi connectivity index (χ1n) is 8.74. The zero-order chi connectivity index (χ0) is 16.4. The van der Waals surface area contributed by atoms with E-state index in [0.717, 1.165) is 57.0 Å². The van der Waals surface area contributed by atoms with Gasteiger partial charge in [0.15, 0.2) is 0 Å². The van der Waals surface area contributed by atoms with Crippen molar-refractivity contribution < 1.29 is 9.21 Å². The Morgan fingerprint density at radius 1 is 1.35 bits per heavy atom. The summed E-state index contributed by atoms with van der Waals surface area (Å²) < 4.78 is 5.71. The highest BCUT2D eigenvalue weighted by Crippen LogP contribution is 2.29. The van der Waals surface area contributed by atoms with Gasteiger partial charge in [0.2, 0.25) is 5.91 Å². The molecule has 2 atom stereocenters. The summed E-state index contributed by atoms with van der Waals surface area (Å²) in [5.41, 5.74) is 0. The Balaban J connectivity index is 1.53. The third-order valence-electron chi connectivity index (χ3n) is 5.13. The van der Waals surface area contributed by atoms with Gasteiger partial charge in [-0.2, -0.15) is 0 Å². The molecule has 2 aliphatic rings. The number of nitrogens with zero attached hydrogens (tertiary/aromatic N) is 2. The van der Waals surface area contributed by atoms with E-state index in [1.807, 2.05) is 13.0 Å². The van der Waals surface area contributed by atoms with Crippen molar-refractivity contribution in [1.82, 2.24) is 15.1 Å². The van der Waals surface area contributed by atoms with Crippen LogP contribution in [0.1, 0.15) is 30.8 Å². The van der Waals surface area contributed by atoms with Crippen LogP contribution in [0.5, 0.6) is 0 Å². The SMILES string of the molecule is Cc1ccc(CN2CC[C@H](CNC(=O)C3CC3)[C@H](N(C)C)C2)o1. The van der Waals surface area contributed by atoms with Crippen molar-refractivity contribution in [2.45, 2.75) is 38.8 Å². The van der Waals surface area contributed by atoms with Gasteiger partial charge in [0.25, 0.3) is 0 Å². The number of furan rings is 1. The molecule has 1 aliphatic carbocycles. The molecular weight excluding hydrogens is 290 g/mol. The van der Waals surface area contributed by atoms with E-state index in [-0.39, 0.29) is 5.91 Å². The molecule has 2 heterocycles. The van der Waals surface area contributed by atoms with E-state index in [0.29, 0.717) is 17.9 Å². The Morgan fingerprint density at radius 3 is 2.74 bits per heavy atom. The van der Waals surface area contributed by atoms with Crippen LogP contribution in [-0.4, -0.2) is 55.5 Å². The van der Waals surface area contributed by atoms with Crippen LogP contribution >= 0.6 is 0 Å². The van der Waals surface area contributed by atoms with Crippen molar-refractivity contribution in [3.05, 3.63) is 23.7 Å². The first kappa shape index (κ1) is 16.5. The third-order valence-corrected chi connectivity index (χ3v) is 5.13. The number of aryl methyl sites for hydroxylation is 1. The summed E-state index contributed by atoms with van der Waals surface area (Å²) in [4.78, 5) is 16.6. The number of rotatable bonds is 6. The highest BCUT2D eigenvalue weighted by Gasteiger charge is 2.33. The fourth-order valence-electron chi connectivity index (χ4n) is 3.52. The molecular formula is C18H29N3O2. The van der Waals surface area contributed by atoms with Crippen molar-refractivity contribution in [2.24, 2.45) is 11.8 Å². The second-order valence-corrected chi connectivity index (χ2v) is 7.35. The lowest BCUT2D eigenvalue weighted by molar-refractivity contribution is -0.122. The number of hydrogen-bond donors (Lipinski definition) is 1. The Labute approximate surface area is 139 Å². The van der Waals surface area contributed by atoms with Gasteiger partial charge in [-0.05, 0) is 64.9 Å². The number of piperidine rings is 1. The number of amides is 1. The molecule has 0 radical (unpaired) electrons. The fourth-order valence-corrected chi connectivity index (χ4v) is 3.52. The quantitative estimate of drug-likeness (QED) is 0.869. The molecule has 0 unspecified atom stereocenters. The van der Waals surface area contributed by atoms with Crippen LogP contribution in [0.25, 0.3) is 0 Å². The lowest BCUT2D eigenvalue weighted by Gasteiger charge is -2.41. The maximum absolute atomic E-state index is 11.9. The summed E-state index contributed by atoms with van der Waals surface area (Å²) in [7, 11) is 4.28. The molecule has 1 saturated carbocycles. The predicted octanol–water partition coefficient (Wildman–Crippen LogP) is 1.87. The average molecular weight is 319 g/mol. The molecule has 0 spiro atoms. The van der Waals surface area contributed by atoms with Crippen LogP contribution in [0, 0.1) is 18.8 Å². The molecule has 1 amide bonds. The van der Waals surface area contributed by atoms with Gasteiger partial charge in [0, 0.05) is 25.0 Å². The molecule has 2 fully saturated rings. The summed E-state index contributed by atoms with van der Waals surface area (Å²) >= 11 is 0. The third kappa shape index (κ3) is 4.36. The molecule has 1 aromatic heterocycles. The zero-order valence-corrected chi connectivity index (χ0v) is 14.5. The Bertz CT molecular complexity index is 536. The second kappa shape index (κ2) is 7.05. The predicted molar refractivity (Wildman–Crippen MR) is 90.0 cm³/mol. The van der Waals surface area contributed by atoms with Crippen LogP contribution in [0.4, 0.5) is 0 Å². The maximum atomic E-state index is 11.9. The number of carbonyl (C=O) groups is 1. The molecule has 23 heavy (non-hydrogen) atoms. The largest absolute Gasteiger partial charge is 0.465 e. The van der Waals surface area contributed by atoms with E-state index in [2.05, 4.69) is 35.3 Å². The highest BCUT2D eigenvalue weighted by atomic mass is 16.3. The molecule has 3 rings (SSSR count). The maximum Gasteiger partial charge on any atom is 0.223 e. The minimum absolute atomic E-state index is 0.260. The normalized spacial score (nSPS) is 25.7. The van der Waals surface area contributed by atoms with E-state index in [9.17, 15) is 4.79 Å². The summed E-state index contributed by atoms with van der Waals surface area (Å²) in [5.74, 6) is 3.11. The van der Waals surface area contributed by atoms with Crippen molar-refractivity contribution in [3.8, 4) is 0 Å². The average Bonchev–Trinajstić information content (AvgIpc) is 3.29. The van der Waals surface area contributed by atoms with Gasteiger partial charge >= 0.3 is 0 Å². The lowest BCUT2D eigenvalue weighted by Crippen LogP contribution is -2.53. The molecule has 128 valence electrons. The van der Waals surface area contributed by atoms with Gasteiger partial charge < -0.3 is 14.6 Å². The highest BCUT2D eigenvalue weighted by molar-refractivity contribution is 5.80. The molecule has 0 bridgehead atoms. The minimum Gasteiger partial charge on any atom is -0.465 e. The number of nitrogens with one attached hydrogen (secondary N) is 1. The van der Waals surface area contributed by atoms with Gasteiger partial charge in [-0.15, -0.1) is 0 Å². The van der Waals surface area contributed by atoms with E-state index in [1.54, 1.807) is 0 Å². The molecule has 1 N–H and O–H groups in total. The van der Waals surface area contributed by atoms with Crippen molar-refractivity contribution in [3.63, 3.8) is 0 Å². The molecule has 1 saturated heterocycles. The number of likely N-dealkylation sites (N-methyl/N-ethyl adjacent to an activating group) is 1. The van der Waals surface area contributed by atoms with Crippen molar-refractivity contribution in [2.75, 3.05) is 33.7 Å². The van der Waals surface area contributed by atoms with Crippen LogP contribution in [0.3, 0.4) is 0 Å². The van der Waals surface area contributed by atoms with Gasteiger partial charge in [0.05, 0.1) is 6.54 Å². The van der Waals surface area contributed by atoms with E-state index in [4.69, 9.17) is 4.42 Å². The van der Waals surface area contributed by atoms with Gasteiger partial charge in [-0.3, -0.25) is 9.69 Å². The summed E-state index contributed by atoms with van der Waals surface area (Å²) in [6.45, 7) is 5.76. The number of hydrogen-bond acceptors (Lipinski definition) is 4. The topological polar surface area (TPSA) is 48.7 Å². The summed E-state index contributed by atoms with van der Waals surface area (Å²) in [6.07, 6.45) is 3.27. The monoisotopic (exact) mass is 319 g/mol. The minimum atomic E-state index is 0.260. The smallest absolute Gasteiger partial charge is 0.223 e. The Hall–Kier alpha value is -1.33. The number of carbonyl (C=O) groups excluding carboxylic acids is 1. The van der Waals surface area contributed by atoms with Gasteiger partial charge in [-0.1, -0.05) is 0 Å². The van der Waals surface area contributed by atoms with Crippen LogP contribution < -0.4 is 5.32 Å². The lowest BCUT2D eigenvalue weighted by atomic mass is 9.90. The summed E-state index contributed by atoms with van der Waals surface area (Å²) in [5, 5.41) is 3.16. The first-order valence-corrected chi connectivity index (χ1v) is 8.74. The molecule has 5 nitrogen and oxygen atoms in total. The molecule has 5 heteroatoms. The molecule has 1 aromatic rings. The van der Waals surface area contributed by atoms with Crippen LogP contribution in [0.2, 0.25) is 0 Å². The van der Waals surface area contributed by atoms with Crippen molar-refractivity contribution in [1.29, 1.82) is 0 Å². The summed E-state index contributed by atoms with van der Waals surface area (Å²) in [6, 6.07) is 4.57. The fraction of sp³-hybridized carbons (Fsp3) is 0.722. The van der Waals surface area contributed by atoms with E-state index >= 15 is 0 Å². The molecule has 0 aromatic carbocycles.